The molecule has 0 aliphatic carbocycles. The Morgan fingerprint density at radius 2 is 2.00 bits per heavy atom. The van der Waals surface area contributed by atoms with Crippen LogP contribution in [0.5, 0.6) is 0 Å². The summed E-state index contributed by atoms with van der Waals surface area (Å²) in [5.74, 6) is 0. The summed E-state index contributed by atoms with van der Waals surface area (Å²) in [6.07, 6.45) is 0. The predicted molar refractivity (Wildman–Crippen MR) is 61.1 cm³/mol. The second kappa shape index (κ2) is 3.23. The maximum absolute atomic E-state index is 12.1. The summed E-state index contributed by atoms with van der Waals surface area (Å²) in [6, 6.07) is 3.75. The number of hydrogen-bond donors (Lipinski definition) is 1. The average molecular weight is 225 g/mol. The molecule has 4 heteroatoms. The molecule has 0 aromatic heterocycles. The van der Waals surface area contributed by atoms with E-state index < -0.39 is 9.84 Å². The van der Waals surface area contributed by atoms with Crippen molar-refractivity contribution >= 4 is 15.5 Å². The van der Waals surface area contributed by atoms with Gasteiger partial charge in [0, 0.05) is 6.54 Å². The molecule has 1 heterocycles. The Morgan fingerprint density at radius 1 is 1.33 bits per heavy atom. The van der Waals surface area contributed by atoms with Crippen molar-refractivity contribution in [3.63, 3.8) is 0 Å². The Kier molecular flexibility index (Phi) is 2.26. The van der Waals surface area contributed by atoms with Gasteiger partial charge in [0.05, 0.1) is 15.8 Å². The zero-order chi connectivity index (χ0) is 11.2. The highest BCUT2D eigenvalue weighted by atomic mass is 32.2. The fraction of sp³-hybridized carbons (Fsp3) is 0.455. The van der Waals surface area contributed by atoms with Crippen molar-refractivity contribution in [2.24, 2.45) is 0 Å². The van der Waals surface area contributed by atoms with Crippen molar-refractivity contribution in [3.05, 3.63) is 23.3 Å². The first-order valence-corrected chi connectivity index (χ1v) is 6.56. The van der Waals surface area contributed by atoms with Crippen LogP contribution in [0.25, 0.3) is 0 Å². The quantitative estimate of drug-likeness (QED) is 0.733. The second-order valence-electron chi connectivity index (χ2n) is 4.19. The molecule has 1 atom stereocenters. The van der Waals surface area contributed by atoms with E-state index in [1.165, 1.54) is 0 Å². The van der Waals surface area contributed by atoms with Gasteiger partial charge in [0.2, 0.25) is 0 Å². The van der Waals surface area contributed by atoms with E-state index in [2.05, 4.69) is 5.32 Å². The Hall–Kier alpha value is -1.03. The minimum Gasteiger partial charge on any atom is -0.382 e. The molecule has 0 fully saturated rings. The standard InChI is InChI=1S/C11H15NO2S/c1-7-4-8(2)11-10(5-7)15(13,14)9(3)6-12-11/h4-5,9,12H,6H2,1-3H3. The lowest BCUT2D eigenvalue weighted by molar-refractivity contribution is 0.582. The second-order valence-corrected chi connectivity index (χ2v) is 6.53. The maximum atomic E-state index is 12.1. The van der Waals surface area contributed by atoms with E-state index in [4.69, 9.17) is 0 Å². The zero-order valence-electron chi connectivity index (χ0n) is 9.16. The van der Waals surface area contributed by atoms with Gasteiger partial charge in [-0.05, 0) is 38.0 Å². The SMILES string of the molecule is Cc1cc(C)c2c(c1)S(=O)(=O)C(C)CN2. The van der Waals surface area contributed by atoms with E-state index in [1.54, 1.807) is 13.0 Å². The fourth-order valence-electron chi connectivity index (χ4n) is 1.95. The minimum absolute atomic E-state index is 0.341. The van der Waals surface area contributed by atoms with Crippen LogP contribution < -0.4 is 5.32 Å². The lowest BCUT2D eigenvalue weighted by Gasteiger charge is -2.25. The lowest BCUT2D eigenvalue weighted by Crippen LogP contribution is -2.32. The summed E-state index contributed by atoms with van der Waals surface area (Å²) in [5.41, 5.74) is 2.77. The van der Waals surface area contributed by atoms with Crippen molar-refractivity contribution in [1.29, 1.82) is 0 Å². The van der Waals surface area contributed by atoms with Crippen LogP contribution >= 0.6 is 0 Å². The number of rotatable bonds is 0. The Bertz CT molecular complexity index is 506. The molecule has 1 aromatic rings. The first kappa shape index (κ1) is 10.5. The normalized spacial score (nSPS) is 23.0. The zero-order valence-corrected chi connectivity index (χ0v) is 9.98. The Morgan fingerprint density at radius 3 is 2.67 bits per heavy atom. The summed E-state index contributed by atoms with van der Waals surface area (Å²) in [7, 11) is -3.13. The third kappa shape index (κ3) is 1.53. The van der Waals surface area contributed by atoms with Gasteiger partial charge in [0.25, 0.3) is 0 Å². The van der Waals surface area contributed by atoms with E-state index in [-0.39, 0.29) is 5.25 Å². The number of fused-ring (bicyclic) bond motifs is 1. The van der Waals surface area contributed by atoms with Crippen LogP contribution in [0.1, 0.15) is 18.1 Å². The number of hydrogen-bond acceptors (Lipinski definition) is 3. The van der Waals surface area contributed by atoms with Gasteiger partial charge < -0.3 is 5.32 Å². The van der Waals surface area contributed by atoms with Crippen molar-refractivity contribution < 1.29 is 8.42 Å². The lowest BCUT2D eigenvalue weighted by atomic mass is 10.1. The molecule has 1 aliphatic heterocycles. The molecule has 0 saturated carbocycles. The number of benzene rings is 1. The van der Waals surface area contributed by atoms with Crippen molar-refractivity contribution in [3.8, 4) is 0 Å². The van der Waals surface area contributed by atoms with Crippen LogP contribution in [-0.4, -0.2) is 20.2 Å². The third-order valence-electron chi connectivity index (χ3n) is 2.85. The van der Waals surface area contributed by atoms with Crippen LogP contribution in [0, 0.1) is 13.8 Å². The van der Waals surface area contributed by atoms with Gasteiger partial charge in [-0.25, -0.2) is 8.42 Å². The van der Waals surface area contributed by atoms with Crippen LogP contribution in [0.4, 0.5) is 5.69 Å². The largest absolute Gasteiger partial charge is 0.382 e. The third-order valence-corrected chi connectivity index (χ3v) is 5.01. The topological polar surface area (TPSA) is 46.2 Å². The molecule has 1 N–H and O–H groups in total. The van der Waals surface area contributed by atoms with Gasteiger partial charge in [0.15, 0.2) is 9.84 Å². The molecule has 82 valence electrons. The van der Waals surface area contributed by atoms with E-state index in [0.29, 0.717) is 11.4 Å². The molecule has 1 aliphatic rings. The highest BCUT2D eigenvalue weighted by Crippen LogP contribution is 2.33. The molecule has 2 rings (SSSR count). The molecule has 15 heavy (non-hydrogen) atoms. The summed E-state index contributed by atoms with van der Waals surface area (Å²) >= 11 is 0. The number of sulfone groups is 1. The monoisotopic (exact) mass is 225 g/mol. The van der Waals surface area contributed by atoms with Gasteiger partial charge in [-0.2, -0.15) is 0 Å². The summed E-state index contributed by atoms with van der Waals surface area (Å²) in [4.78, 5) is 0.457. The molecule has 3 nitrogen and oxygen atoms in total. The number of anilines is 1. The summed E-state index contributed by atoms with van der Waals surface area (Å²) in [5, 5.41) is 2.84. The molecule has 0 spiro atoms. The molecule has 0 amide bonds. The first-order chi connectivity index (χ1) is 6.93. The molecule has 1 aromatic carbocycles. The highest BCUT2D eigenvalue weighted by molar-refractivity contribution is 7.92. The van der Waals surface area contributed by atoms with Crippen LogP contribution in [0.2, 0.25) is 0 Å². The first-order valence-electron chi connectivity index (χ1n) is 5.02. The van der Waals surface area contributed by atoms with E-state index >= 15 is 0 Å². The van der Waals surface area contributed by atoms with Gasteiger partial charge in [0.1, 0.15) is 0 Å². The number of aryl methyl sites for hydroxylation is 2. The van der Waals surface area contributed by atoms with Crippen LogP contribution in [0.3, 0.4) is 0 Å². The molecule has 0 radical (unpaired) electrons. The van der Waals surface area contributed by atoms with Gasteiger partial charge in [-0.15, -0.1) is 0 Å². The minimum atomic E-state index is -3.13. The van der Waals surface area contributed by atoms with E-state index in [9.17, 15) is 8.42 Å². The highest BCUT2D eigenvalue weighted by Gasteiger charge is 2.31. The van der Waals surface area contributed by atoms with Crippen LogP contribution in [0.15, 0.2) is 17.0 Å². The molecule has 1 unspecified atom stereocenters. The number of nitrogens with one attached hydrogen (secondary N) is 1. The van der Waals surface area contributed by atoms with Crippen molar-refractivity contribution in [2.45, 2.75) is 30.9 Å². The fourth-order valence-corrected chi connectivity index (χ4v) is 3.56. The van der Waals surface area contributed by atoms with Crippen LogP contribution in [-0.2, 0) is 9.84 Å². The van der Waals surface area contributed by atoms with E-state index in [0.717, 1.165) is 16.8 Å². The van der Waals surface area contributed by atoms with Gasteiger partial charge in [-0.1, -0.05) is 6.07 Å². The molecular weight excluding hydrogens is 210 g/mol. The average Bonchev–Trinajstić information content (AvgIpc) is 2.12. The van der Waals surface area contributed by atoms with Crippen molar-refractivity contribution in [1.82, 2.24) is 0 Å². The molecule has 0 bridgehead atoms. The van der Waals surface area contributed by atoms with Gasteiger partial charge in [-0.3, -0.25) is 0 Å². The van der Waals surface area contributed by atoms with Gasteiger partial charge >= 0.3 is 0 Å². The summed E-state index contributed by atoms with van der Waals surface area (Å²) < 4.78 is 24.1. The Labute approximate surface area is 90.4 Å². The predicted octanol–water partition coefficient (Wildman–Crippen LogP) is 1.89. The Balaban J connectivity index is 2.75. The summed E-state index contributed by atoms with van der Waals surface area (Å²) in [6.45, 7) is 6.09. The maximum Gasteiger partial charge on any atom is 0.184 e. The van der Waals surface area contributed by atoms with E-state index in [1.807, 2.05) is 19.9 Å². The molecule has 0 saturated heterocycles. The molecular formula is C11H15NO2S. The smallest absolute Gasteiger partial charge is 0.184 e. The van der Waals surface area contributed by atoms with Crippen molar-refractivity contribution in [2.75, 3.05) is 11.9 Å².